The van der Waals surface area contributed by atoms with Crippen LogP contribution in [0.4, 0.5) is 9.80 Å². The van der Waals surface area contributed by atoms with Crippen molar-refractivity contribution in [3.8, 4) is 0 Å². The molecular formula is C19H23NO4S. The van der Waals surface area contributed by atoms with Crippen molar-refractivity contribution in [1.82, 2.24) is 0 Å². The molecule has 0 spiro atoms. The minimum Gasteiger partial charge on any atom is -0.456 e. The predicted octanol–water partition coefficient (Wildman–Crippen LogP) is 5.01. The Hall–Kier alpha value is -2.34. The molecule has 0 aliphatic rings. The zero-order chi connectivity index (χ0) is 18.4. The lowest BCUT2D eigenvalue weighted by molar-refractivity contribution is 0.00702. The van der Waals surface area contributed by atoms with Crippen LogP contribution in [0, 0.1) is 0 Å². The molecule has 1 N–H and O–H groups in total. The van der Waals surface area contributed by atoms with Gasteiger partial charge in [-0.1, -0.05) is 37.3 Å². The maximum atomic E-state index is 12.5. The van der Waals surface area contributed by atoms with Crippen LogP contribution < -0.4 is 5.32 Å². The lowest BCUT2D eigenvalue weighted by Gasteiger charge is -2.20. The van der Waals surface area contributed by atoms with Crippen LogP contribution in [0.3, 0.4) is 0 Å². The maximum Gasteiger partial charge on any atom is 0.412 e. The SMILES string of the molecule is CCc1csc(NC(=O)OCc2ccccc2)c1C(=O)OC(C)(C)C. The Morgan fingerprint density at radius 1 is 1.16 bits per heavy atom. The molecule has 6 heteroatoms. The van der Waals surface area contributed by atoms with Crippen LogP contribution in [0.5, 0.6) is 0 Å². The van der Waals surface area contributed by atoms with Gasteiger partial charge in [-0.2, -0.15) is 0 Å². The molecule has 0 atom stereocenters. The molecule has 0 saturated heterocycles. The van der Waals surface area contributed by atoms with Gasteiger partial charge in [0.2, 0.25) is 0 Å². The summed E-state index contributed by atoms with van der Waals surface area (Å²) in [6.07, 6.45) is 0.0735. The van der Waals surface area contributed by atoms with E-state index >= 15 is 0 Å². The smallest absolute Gasteiger partial charge is 0.412 e. The first kappa shape index (κ1) is 19.0. The van der Waals surface area contributed by atoms with E-state index in [1.807, 2.05) is 63.4 Å². The van der Waals surface area contributed by atoms with Gasteiger partial charge in [0, 0.05) is 0 Å². The molecule has 0 radical (unpaired) electrons. The van der Waals surface area contributed by atoms with Gasteiger partial charge >= 0.3 is 12.1 Å². The summed E-state index contributed by atoms with van der Waals surface area (Å²) in [6, 6.07) is 9.40. The second-order valence-electron chi connectivity index (χ2n) is 6.51. The molecule has 0 bridgehead atoms. The fraction of sp³-hybridized carbons (Fsp3) is 0.368. The van der Waals surface area contributed by atoms with Crippen LogP contribution in [0.15, 0.2) is 35.7 Å². The number of carbonyl (C=O) groups is 2. The molecule has 0 aliphatic carbocycles. The second kappa shape index (κ2) is 8.16. The number of hydrogen-bond acceptors (Lipinski definition) is 5. The molecule has 0 fully saturated rings. The van der Waals surface area contributed by atoms with Crippen LogP contribution >= 0.6 is 11.3 Å². The number of anilines is 1. The third kappa shape index (κ3) is 5.60. The van der Waals surface area contributed by atoms with E-state index in [1.165, 1.54) is 11.3 Å². The third-order valence-electron chi connectivity index (χ3n) is 3.28. The molecule has 0 unspecified atom stereocenters. The van der Waals surface area contributed by atoms with Gasteiger partial charge in [0.1, 0.15) is 17.2 Å². The van der Waals surface area contributed by atoms with Gasteiger partial charge in [0.05, 0.1) is 5.56 Å². The van der Waals surface area contributed by atoms with Gasteiger partial charge in [-0.25, -0.2) is 9.59 Å². The Bertz CT molecular complexity index is 732. The Balaban J connectivity index is 2.07. The third-order valence-corrected chi connectivity index (χ3v) is 4.22. The molecule has 5 nitrogen and oxygen atoms in total. The molecule has 1 aromatic carbocycles. The van der Waals surface area contributed by atoms with E-state index in [2.05, 4.69) is 5.32 Å². The van der Waals surface area contributed by atoms with Crippen molar-refractivity contribution < 1.29 is 19.1 Å². The van der Waals surface area contributed by atoms with E-state index in [1.54, 1.807) is 0 Å². The highest BCUT2D eigenvalue weighted by molar-refractivity contribution is 7.15. The fourth-order valence-electron chi connectivity index (χ4n) is 2.15. The number of thiophene rings is 1. The van der Waals surface area contributed by atoms with Crippen molar-refractivity contribution in [3.63, 3.8) is 0 Å². The molecule has 2 rings (SSSR count). The molecule has 1 aromatic heterocycles. The predicted molar refractivity (Wildman–Crippen MR) is 99.1 cm³/mol. The minimum atomic E-state index is -0.602. The normalized spacial score (nSPS) is 11.0. The van der Waals surface area contributed by atoms with E-state index in [0.717, 1.165) is 11.1 Å². The lowest BCUT2D eigenvalue weighted by atomic mass is 10.1. The topological polar surface area (TPSA) is 64.6 Å². The maximum absolute atomic E-state index is 12.5. The Kier molecular flexibility index (Phi) is 6.20. The number of amides is 1. The quantitative estimate of drug-likeness (QED) is 0.760. The summed E-state index contributed by atoms with van der Waals surface area (Å²) < 4.78 is 10.7. The highest BCUT2D eigenvalue weighted by Crippen LogP contribution is 2.30. The molecule has 2 aromatic rings. The van der Waals surface area contributed by atoms with Gasteiger partial charge in [0.25, 0.3) is 0 Å². The first-order chi connectivity index (χ1) is 11.8. The van der Waals surface area contributed by atoms with Gasteiger partial charge < -0.3 is 9.47 Å². The van der Waals surface area contributed by atoms with Crippen molar-refractivity contribution in [2.75, 3.05) is 5.32 Å². The zero-order valence-corrected chi connectivity index (χ0v) is 15.7. The van der Waals surface area contributed by atoms with Crippen molar-refractivity contribution >= 4 is 28.4 Å². The molecule has 1 heterocycles. The van der Waals surface area contributed by atoms with Crippen LogP contribution in [0.1, 0.15) is 49.2 Å². The van der Waals surface area contributed by atoms with E-state index < -0.39 is 17.7 Å². The van der Waals surface area contributed by atoms with E-state index in [-0.39, 0.29) is 6.61 Å². The van der Waals surface area contributed by atoms with Crippen LogP contribution in [0.25, 0.3) is 0 Å². The van der Waals surface area contributed by atoms with E-state index in [4.69, 9.17) is 9.47 Å². The number of esters is 1. The summed E-state index contributed by atoms with van der Waals surface area (Å²) in [7, 11) is 0. The first-order valence-corrected chi connectivity index (χ1v) is 8.99. The Morgan fingerprint density at radius 2 is 1.84 bits per heavy atom. The number of benzene rings is 1. The number of ether oxygens (including phenoxy) is 2. The highest BCUT2D eigenvalue weighted by Gasteiger charge is 2.25. The molecule has 1 amide bonds. The van der Waals surface area contributed by atoms with E-state index in [0.29, 0.717) is 17.0 Å². The number of rotatable bonds is 5. The van der Waals surface area contributed by atoms with Gasteiger partial charge in [-0.3, -0.25) is 5.32 Å². The van der Waals surface area contributed by atoms with Crippen LogP contribution in [-0.2, 0) is 22.5 Å². The molecular weight excluding hydrogens is 338 g/mol. The fourth-order valence-corrected chi connectivity index (χ4v) is 3.17. The second-order valence-corrected chi connectivity index (χ2v) is 7.39. The summed E-state index contributed by atoms with van der Waals surface area (Å²) in [5.41, 5.74) is 1.54. The summed E-state index contributed by atoms with van der Waals surface area (Å²) in [5.74, 6) is -0.441. The average molecular weight is 361 g/mol. The van der Waals surface area contributed by atoms with Gasteiger partial charge in [-0.05, 0) is 43.7 Å². The van der Waals surface area contributed by atoms with E-state index in [9.17, 15) is 9.59 Å². The molecule has 0 aliphatic heterocycles. The van der Waals surface area contributed by atoms with Crippen molar-refractivity contribution in [2.24, 2.45) is 0 Å². The minimum absolute atomic E-state index is 0.167. The molecule has 134 valence electrons. The first-order valence-electron chi connectivity index (χ1n) is 8.11. The molecule has 0 saturated carbocycles. The lowest BCUT2D eigenvalue weighted by Crippen LogP contribution is -2.25. The number of hydrogen-bond donors (Lipinski definition) is 1. The number of nitrogens with one attached hydrogen (secondary N) is 1. The largest absolute Gasteiger partial charge is 0.456 e. The number of carbonyl (C=O) groups excluding carboxylic acids is 2. The zero-order valence-electron chi connectivity index (χ0n) is 14.9. The summed E-state index contributed by atoms with van der Waals surface area (Å²) >= 11 is 1.29. The highest BCUT2D eigenvalue weighted by atomic mass is 32.1. The van der Waals surface area contributed by atoms with Crippen LogP contribution in [0.2, 0.25) is 0 Å². The summed E-state index contributed by atoms with van der Waals surface area (Å²) in [6.45, 7) is 7.55. The Morgan fingerprint density at radius 3 is 2.44 bits per heavy atom. The monoisotopic (exact) mass is 361 g/mol. The van der Waals surface area contributed by atoms with Crippen LogP contribution in [-0.4, -0.2) is 17.7 Å². The van der Waals surface area contributed by atoms with Crippen molar-refractivity contribution in [2.45, 2.75) is 46.3 Å². The average Bonchev–Trinajstić information content (AvgIpc) is 2.95. The molecule has 25 heavy (non-hydrogen) atoms. The standard InChI is InChI=1S/C19H23NO4S/c1-5-14-12-25-16(15(14)17(21)24-19(2,3)4)20-18(22)23-11-13-9-7-6-8-10-13/h6-10,12H,5,11H2,1-4H3,(H,20,22). The van der Waals surface area contributed by atoms with Crippen molar-refractivity contribution in [3.05, 3.63) is 52.4 Å². The van der Waals surface area contributed by atoms with Gasteiger partial charge in [0.15, 0.2) is 0 Å². The van der Waals surface area contributed by atoms with Crippen molar-refractivity contribution in [1.29, 1.82) is 0 Å². The van der Waals surface area contributed by atoms with Gasteiger partial charge in [-0.15, -0.1) is 11.3 Å². The number of aryl methyl sites for hydroxylation is 1. The summed E-state index contributed by atoms with van der Waals surface area (Å²) in [5, 5.41) is 4.96. The Labute approximate surface area is 152 Å². The summed E-state index contributed by atoms with van der Waals surface area (Å²) in [4.78, 5) is 24.5.